The van der Waals surface area contributed by atoms with E-state index in [1.54, 1.807) is 18.2 Å². The maximum atomic E-state index is 13.6. The fourth-order valence-electron chi connectivity index (χ4n) is 2.08. The van der Waals surface area contributed by atoms with Crippen LogP contribution in [0.2, 0.25) is 0 Å². The molecular formula is C17H11F2NO3S. The molecule has 0 spiro atoms. The Kier molecular flexibility index (Phi) is 4.52. The smallest absolute Gasteiger partial charge is 0.348 e. The van der Waals surface area contributed by atoms with Gasteiger partial charge in [0.15, 0.2) is 6.61 Å². The van der Waals surface area contributed by atoms with E-state index in [2.05, 4.69) is 5.32 Å². The third-order valence-electron chi connectivity index (χ3n) is 3.19. The highest BCUT2D eigenvalue weighted by molar-refractivity contribution is 7.20. The van der Waals surface area contributed by atoms with E-state index in [-0.39, 0.29) is 10.6 Å². The van der Waals surface area contributed by atoms with Crippen LogP contribution in [0.1, 0.15) is 9.67 Å². The van der Waals surface area contributed by atoms with Gasteiger partial charge in [-0.2, -0.15) is 0 Å². The molecule has 0 aliphatic heterocycles. The van der Waals surface area contributed by atoms with Crippen molar-refractivity contribution in [3.05, 3.63) is 65.0 Å². The second-order valence-corrected chi connectivity index (χ2v) is 5.95. The second-order valence-electron chi connectivity index (χ2n) is 4.87. The molecule has 24 heavy (non-hydrogen) atoms. The zero-order valence-corrected chi connectivity index (χ0v) is 13.0. The molecule has 0 aliphatic carbocycles. The van der Waals surface area contributed by atoms with Crippen LogP contribution in [0.4, 0.5) is 14.5 Å². The van der Waals surface area contributed by atoms with Crippen molar-refractivity contribution in [3.63, 3.8) is 0 Å². The molecule has 1 amide bonds. The first-order chi connectivity index (χ1) is 11.5. The third-order valence-corrected chi connectivity index (χ3v) is 4.27. The Morgan fingerprint density at radius 3 is 2.54 bits per heavy atom. The molecule has 0 saturated heterocycles. The molecule has 122 valence electrons. The molecule has 1 aromatic heterocycles. The SMILES string of the molecule is O=C(COC(=O)c1cc2c(F)cccc2s1)Nc1ccccc1F. The third kappa shape index (κ3) is 3.41. The Morgan fingerprint density at radius 2 is 1.79 bits per heavy atom. The highest BCUT2D eigenvalue weighted by Gasteiger charge is 2.15. The summed E-state index contributed by atoms with van der Waals surface area (Å²) in [4.78, 5) is 23.9. The predicted octanol–water partition coefficient (Wildman–Crippen LogP) is 3.98. The monoisotopic (exact) mass is 347 g/mol. The molecule has 3 rings (SSSR count). The van der Waals surface area contributed by atoms with E-state index in [4.69, 9.17) is 4.74 Å². The van der Waals surface area contributed by atoms with Crippen molar-refractivity contribution in [2.75, 3.05) is 11.9 Å². The van der Waals surface area contributed by atoms with Gasteiger partial charge in [-0.15, -0.1) is 11.3 Å². The van der Waals surface area contributed by atoms with Gasteiger partial charge in [-0.05, 0) is 30.3 Å². The van der Waals surface area contributed by atoms with Gasteiger partial charge in [0, 0.05) is 10.1 Å². The number of carbonyl (C=O) groups is 2. The van der Waals surface area contributed by atoms with Gasteiger partial charge in [0.05, 0.1) is 5.69 Å². The van der Waals surface area contributed by atoms with Crippen LogP contribution in [-0.4, -0.2) is 18.5 Å². The fourth-order valence-corrected chi connectivity index (χ4v) is 3.05. The maximum absolute atomic E-state index is 13.6. The molecule has 4 nitrogen and oxygen atoms in total. The van der Waals surface area contributed by atoms with E-state index in [0.29, 0.717) is 10.1 Å². The number of ether oxygens (including phenoxy) is 1. The number of amides is 1. The average molecular weight is 347 g/mol. The van der Waals surface area contributed by atoms with E-state index >= 15 is 0 Å². The van der Waals surface area contributed by atoms with Gasteiger partial charge in [0.25, 0.3) is 5.91 Å². The number of hydrogen-bond donors (Lipinski definition) is 1. The van der Waals surface area contributed by atoms with Gasteiger partial charge in [-0.1, -0.05) is 18.2 Å². The van der Waals surface area contributed by atoms with Crippen LogP contribution >= 0.6 is 11.3 Å². The summed E-state index contributed by atoms with van der Waals surface area (Å²) >= 11 is 1.07. The molecule has 0 saturated carbocycles. The Bertz CT molecular complexity index is 923. The lowest BCUT2D eigenvalue weighted by Gasteiger charge is -2.06. The number of para-hydroxylation sites is 1. The number of esters is 1. The van der Waals surface area contributed by atoms with Crippen LogP contribution in [-0.2, 0) is 9.53 Å². The van der Waals surface area contributed by atoms with E-state index < -0.39 is 30.1 Å². The molecule has 0 aliphatic rings. The first kappa shape index (κ1) is 16.1. The van der Waals surface area contributed by atoms with Crippen molar-refractivity contribution in [1.29, 1.82) is 0 Å². The molecule has 0 unspecified atom stereocenters. The molecular weight excluding hydrogens is 336 g/mol. The van der Waals surface area contributed by atoms with Crippen LogP contribution in [0.25, 0.3) is 10.1 Å². The number of rotatable bonds is 4. The Hall–Kier alpha value is -2.80. The summed E-state index contributed by atoms with van der Waals surface area (Å²) in [6.45, 7) is -0.566. The van der Waals surface area contributed by atoms with E-state index in [9.17, 15) is 18.4 Å². The van der Waals surface area contributed by atoms with E-state index in [0.717, 1.165) is 11.3 Å². The largest absolute Gasteiger partial charge is 0.451 e. The number of halogens is 2. The van der Waals surface area contributed by atoms with Gasteiger partial charge >= 0.3 is 5.97 Å². The van der Waals surface area contributed by atoms with Gasteiger partial charge in [-0.25, -0.2) is 13.6 Å². The summed E-state index contributed by atoms with van der Waals surface area (Å²) in [5.74, 6) is -2.42. The average Bonchev–Trinajstić information content (AvgIpc) is 3.00. The first-order valence-electron chi connectivity index (χ1n) is 6.94. The molecule has 2 aromatic carbocycles. The zero-order valence-electron chi connectivity index (χ0n) is 12.2. The Labute approximate surface area is 139 Å². The van der Waals surface area contributed by atoms with Crippen LogP contribution in [0.15, 0.2) is 48.5 Å². The summed E-state index contributed by atoms with van der Waals surface area (Å²) in [5.41, 5.74) is 0.00230. The van der Waals surface area contributed by atoms with Crippen LogP contribution < -0.4 is 5.32 Å². The summed E-state index contributed by atoms with van der Waals surface area (Å²) in [5, 5.41) is 2.63. The molecule has 3 aromatic rings. The minimum atomic E-state index is -0.737. The number of thiophene rings is 1. The molecule has 1 heterocycles. The van der Waals surface area contributed by atoms with Gasteiger partial charge in [-0.3, -0.25) is 4.79 Å². The van der Waals surface area contributed by atoms with Crippen molar-refractivity contribution in [3.8, 4) is 0 Å². The molecule has 0 bridgehead atoms. The van der Waals surface area contributed by atoms with E-state index in [1.165, 1.54) is 30.3 Å². The molecule has 1 N–H and O–H groups in total. The second kappa shape index (κ2) is 6.76. The summed E-state index contributed by atoms with van der Waals surface area (Å²) < 4.78 is 32.5. The highest BCUT2D eigenvalue weighted by Crippen LogP contribution is 2.28. The predicted molar refractivity (Wildman–Crippen MR) is 87.1 cm³/mol. The number of hydrogen-bond acceptors (Lipinski definition) is 4. The first-order valence-corrected chi connectivity index (χ1v) is 7.76. The minimum absolute atomic E-state index is 0.00230. The number of anilines is 1. The summed E-state index contributed by atoms with van der Waals surface area (Å²) in [7, 11) is 0. The number of benzene rings is 2. The Balaban J connectivity index is 1.63. The van der Waals surface area contributed by atoms with Crippen molar-refractivity contribution in [2.24, 2.45) is 0 Å². The minimum Gasteiger partial charge on any atom is -0.451 e. The lowest BCUT2D eigenvalue weighted by Crippen LogP contribution is -2.21. The van der Waals surface area contributed by atoms with Crippen molar-refractivity contribution in [1.82, 2.24) is 0 Å². The van der Waals surface area contributed by atoms with Crippen LogP contribution in [0, 0.1) is 11.6 Å². The van der Waals surface area contributed by atoms with Crippen molar-refractivity contribution < 1.29 is 23.1 Å². The van der Waals surface area contributed by atoms with Crippen LogP contribution in [0.5, 0.6) is 0 Å². The lowest BCUT2D eigenvalue weighted by molar-refractivity contribution is -0.119. The normalized spacial score (nSPS) is 10.6. The summed E-state index contributed by atoms with van der Waals surface area (Å²) in [6, 6.07) is 11.6. The molecule has 0 radical (unpaired) electrons. The lowest BCUT2D eigenvalue weighted by atomic mass is 10.2. The number of nitrogens with one attached hydrogen (secondary N) is 1. The van der Waals surface area contributed by atoms with Crippen molar-refractivity contribution in [2.45, 2.75) is 0 Å². The van der Waals surface area contributed by atoms with Gasteiger partial charge in [0.1, 0.15) is 16.5 Å². The Morgan fingerprint density at radius 1 is 1.04 bits per heavy atom. The highest BCUT2D eigenvalue weighted by atomic mass is 32.1. The fraction of sp³-hybridized carbons (Fsp3) is 0.0588. The zero-order chi connectivity index (χ0) is 17.1. The molecule has 0 atom stereocenters. The van der Waals surface area contributed by atoms with Gasteiger partial charge < -0.3 is 10.1 Å². The molecule has 0 fully saturated rings. The number of fused-ring (bicyclic) bond motifs is 1. The maximum Gasteiger partial charge on any atom is 0.348 e. The standard InChI is InChI=1S/C17H11F2NO3S/c18-11-5-3-7-14-10(11)8-15(24-14)17(22)23-9-16(21)20-13-6-2-1-4-12(13)19/h1-8H,9H2,(H,20,21). The topological polar surface area (TPSA) is 55.4 Å². The number of carbonyl (C=O) groups excluding carboxylic acids is 2. The van der Waals surface area contributed by atoms with Crippen LogP contribution in [0.3, 0.4) is 0 Å². The van der Waals surface area contributed by atoms with E-state index in [1.807, 2.05) is 0 Å². The van der Waals surface area contributed by atoms with Gasteiger partial charge in [0.2, 0.25) is 0 Å². The summed E-state index contributed by atoms with van der Waals surface area (Å²) in [6.07, 6.45) is 0. The van der Waals surface area contributed by atoms with Crippen molar-refractivity contribution >= 4 is 39.0 Å². The quantitative estimate of drug-likeness (QED) is 0.727. The molecule has 7 heteroatoms.